The molecule has 2 amide bonds. The van der Waals surface area contributed by atoms with Crippen molar-refractivity contribution in [2.75, 3.05) is 33.5 Å². The molecule has 2 unspecified atom stereocenters. The van der Waals surface area contributed by atoms with Crippen molar-refractivity contribution in [3.05, 3.63) is 59.7 Å². The van der Waals surface area contributed by atoms with E-state index in [1.165, 1.54) is 7.11 Å². The van der Waals surface area contributed by atoms with E-state index in [9.17, 15) is 19.5 Å². The maximum Gasteiger partial charge on any atom is 0.407 e. The summed E-state index contributed by atoms with van der Waals surface area (Å²) in [7, 11) is 1.31. The lowest BCUT2D eigenvalue weighted by Gasteiger charge is -2.26. The molecule has 1 aliphatic carbocycles. The molecule has 4 rings (SSSR count). The SMILES string of the molecule is COC(CNC(=O)OCC1c2ccccc2-c2ccccc21)C(=O)NC1(C(=O)O)CCOC1. The molecular formula is C24H26N2O7. The van der Waals surface area contributed by atoms with Gasteiger partial charge in [-0.15, -0.1) is 0 Å². The molecule has 0 saturated carbocycles. The average Bonchev–Trinajstić information content (AvgIpc) is 3.42. The van der Waals surface area contributed by atoms with Gasteiger partial charge in [0.05, 0.1) is 13.2 Å². The molecule has 1 saturated heterocycles. The Balaban J connectivity index is 1.33. The molecule has 9 nitrogen and oxygen atoms in total. The average molecular weight is 454 g/mol. The third kappa shape index (κ3) is 4.55. The minimum Gasteiger partial charge on any atom is -0.479 e. The van der Waals surface area contributed by atoms with Crippen LogP contribution in [0, 0.1) is 0 Å². The maximum absolute atomic E-state index is 12.5. The van der Waals surface area contributed by atoms with Gasteiger partial charge in [-0.3, -0.25) is 4.79 Å². The Kier molecular flexibility index (Phi) is 6.62. The molecule has 0 aromatic heterocycles. The number of hydrogen-bond acceptors (Lipinski definition) is 6. The third-order valence-electron chi connectivity index (χ3n) is 6.15. The summed E-state index contributed by atoms with van der Waals surface area (Å²) < 4.78 is 15.7. The summed E-state index contributed by atoms with van der Waals surface area (Å²) in [5.74, 6) is -1.90. The fourth-order valence-electron chi connectivity index (χ4n) is 4.31. The molecule has 2 aromatic carbocycles. The number of carbonyl (C=O) groups excluding carboxylic acids is 2. The largest absolute Gasteiger partial charge is 0.479 e. The second kappa shape index (κ2) is 9.60. The van der Waals surface area contributed by atoms with Gasteiger partial charge >= 0.3 is 12.1 Å². The van der Waals surface area contributed by atoms with Crippen LogP contribution < -0.4 is 10.6 Å². The molecule has 33 heavy (non-hydrogen) atoms. The van der Waals surface area contributed by atoms with Crippen LogP contribution in [-0.4, -0.2) is 68.2 Å². The topological polar surface area (TPSA) is 123 Å². The van der Waals surface area contributed by atoms with Gasteiger partial charge in [-0.05, 0) is 22.3 Å². The summed E-state index contributed by atoms with van der Waals surface area (Å²) in [5, 5.41) is 14.5. The Labute approximate surface area is 191 Å². The smallest absolute Gasteiger partial charge is 0.407 e. The second-order valence-electron chi connectivity index (χ2n) is 8.11. The van der Waals surface area contributed by atoms with Gasteiger partial charge in [-0.2, -0.15) is 0 Å². The molecule has 0 bridgehead atoms. The number of fused-ring (bicyclic) bond motifs is 3. The Bertz CT molecular complexity index is 1000. The molecule has 1 heterocycles. The van der Waals surface area contributed by atoms with E-state index in [1.54, 1.807) is 0 Å². The Hall–Kier alpha value is -3.43. The Morgan fingerprint density at radius 1 is 1.12 bits per heavy atom. The van der Waals surface area contributed by atoms with Gasteiger partial charge in [0.1, 0.15) is 6.61 Å². The number of carboxylic acid groups (broad SMARTS) is 1. The number of amides is 2. The van der Waals surface area contributed by atoms with Crippen molar-refractivity contribution in [2.45, 2.75) is 24.0 Å². The van der Waals surface area contributed by atoms with E-state index in [0.29, 0.717) is 0 Å². The highest BCUT2D eigenvalue weighted by Gasteiger charge is 2.45. The highest BCUT2D eigenvalue weighted by Crippen LogP contribution is 2.44. The van der Waals surface area contributed by atoms with E-state index in [0.717, 1.165) is 22.3 Å². The Morgan fingerprint density at radius 3 is 2.30 bits per heavy atom. The van der Waals surface area contributed by atoms with E-state index >= 15 is 0 Å². The standard InChI is InChI=1S/C24H26N2O7/c1-31-20(21(27)26-24(22(28)29)10-11-32-14-24)12-25-23(30)33-13-19-17-8-4-2-6-15(17)16-7-3-5-9-18(16)19/h2-9,19-20H,10-14H2,1H3,(H,25,30)(H,26,27)(H,28,29). The van der Waals surface area contributed by atoms with Crippen molar-refractivity contribution in [3.8, 4) is 11.1 Å². The number of carbonyl (C=O) groups is 3. The fourth-order valence-corrected chi connectivity index (χ4v) is 4.31. The quantitative estimate of drug-likeness (QED) is 0.557. The van der Waals surface area contributed by atoms with Crippen LogP contribution in [0.2, 0.25) is 0 Å². The van der Waals surface area contributed by atoms with E-state index in [2.05, 4.69) is 22.8 Å². The van der Waals surface area contributed by atoms with Crippen molar-refractivity contribution in [1.82, 2.24) is 10.6 Å². The van der Waals surface area contributed by atoms with Crippen molar-refractivity contribution < 1.29 is 33.7 Å². The number of hydrogen-bond donors (Lipinski definition) is 3. The molecule has 0 radical (unpaired) electrons. The predicted molar refractivity (Wildman–Crippen MR) is 118 cm³/mol. The highest BCUT2D eigenvalue weighted by molar-refractivity contribution is 5.90. The van der Waals surface area contributed by atoms with Gasteiger partial charge < -0.3 is 30.0 Å². The van der Waals surface area contributed by atoms with Gasteiger partial charge in [0, 0.05) is 26.1 Å². The van der Waals surface area contributed by atoms with Gasteiger partial charge in [-0.25, -0.2) is 9.59 Å². The summed E-state index contributed by atoms with van der Waals surface area (Å²) in [6.45, 7) is 0.0886. The first-order chi connectivity index (χ1) is 15.9. The number of rotatable bonds is 8. The molecule has 9 heteroatoms. The fraction of sp³-hybridized carbons (Fsp3) is 0.375. The van der Waals surface area contributed by atoms with Crippen molar-refractivity contribution in [3.63, 3.8) is 0 Å². The van der Waals surface area contributed by atoms with Crippen LogP contribution >= 0.6 is 0 Å². The minimum atomic E-state index is -1.49. The number of nitrogens with one attached hydrogen (secondary N) is 2. The van der Waals surface area contributed by atoms with Crippen LogP contribution in [0.25, 0.3) is 11.1 Å². The van der Waals surface area contributed by atoms with E-state index in [1.807, 2.05) is 36.4 Å². The first-order valence-electron chi connectivity index (χ1n) is 10.7. The van der Waals surface area contributed by atoms with Crippen molar-refractivity contribution in [2.24, 2.45) is 0 Å². The van der Waals surface area contributed by atoms with E-state index < -0.39 is 29.6 Å². The molecule has 174 valence electrons. The number of alkyl carbamates (subject to hydrolysis) is 1. The predicted octanol–water partition coefficient (Wildman–Crippen LogP) is 1.90. The van der Waals surface area contributed by atoms with Crippen LogP contribution in [-0.2, 0) is 23.8 Å². The minimum absolute atomic E-state index is 0.0811. The number of methoxy groups -OCH3 is 1. The zero-order valence-corrected chi connectivity index (χ0v) is 18.2. The monoisotopic (exact) mass is 454 g/mol. The summed E-state index contributed by atoms with van der Waals surface area (Å²) >= 11 is 0. The van der Waals surface area contributed by atoms with Crippen molar-refractivity contribution >= 4 is 18.0 Å². The first kappa shape index (κ1) is 22.8. The molecule has 1 fully saturated rings. The summed E-state index contributed by atoms with van der Waals surface area (Å²) in [4.78, 5) is 36.5. The summed E-state index contributed by atoms with van der Waals surface area (Å²) in [6, 6.07) is 16.0. The second-order valence-corrected chi connectivity index (χ2v) is 8.11. The van der Waals surface area contributed by atoms with Crippen LogP contribution in [0.1, 0.15) is 23.5 Å². The zero-order valence-electron chi connectivity index (χ0n) is 18.2. The lowest BCUT2D eigenvalue weighted by atomic mass is 9.98. The molecule has 2 atom stereocenters. The maximum atomic E-state index is 12.5. The lowest BCUT2D eigenvalue weighted by molar-refractivity contribution is -0.149. The van der Waals surface area contributed by atoms with E-state index in [-0.39, 0.29) is 38.7 Å². The summed E-state index contributed by atoms with van der Waals surface area (Å²) in [6.07, 6.45) is -1.62. The highest BCUT2D eigenvalue weighted by atomic mass is 16.5. The first-order valence-corrected chi connectivity index (χ1v) is 10.7. The van der Waals surface area contributed by atoms with Crippen LogP contribution in [0.5, 0.6) is 0 Å². The normalized spacial score (nSPS) is 19.9. The van der Waals surface area contributed by atoms with Gasteiger partial charge in [-0.1, -0.05) is 48.5 Å². The molecular weight excluding hydrogens is 428 g/mol. The number of ether oxygens (including phenoxy) is 3. The number of carboxylic acids is 1. The molecule has 3 N–H and O–H groups in total. The summed E-state index contributed by atoms with van der Waals surface area (Å²) in [5.41, 5.74) is 2.96. The molecule has 1 aliphatic heterocycles. The van der Waals surface area contributed by atoms with Crippen LogP contribution in [0.3, 0.4) is 0 Å². The zero-order chi connectivity index (χ0) is 23.4. The number of benzene rings is 2. The lowest BCUT2D eigenvalue weighted by Crippen LogP contribution is -2.59. The van der Waals surface area contributed by atoms with Gasteiger partial charge in [0.2, 0.25) is 0 Å². The molecule has 2 aliphatic rings. The van der Waals surface area contributed by atoms with Crippen molar-refractivity contribution in [1.29, 1.82) is 0 Å². The van der Waals surface area contributed by atoms with Gasteiger partial charge in [0.15, 0.2) is 11.6 Å². The van der Waals surface area contributed by atoms with Crippen LogP contribution in [0.4, 0.5) is 4.79 Å². The third-order valence-corrected chi connectivity index (χ3v) is 6.15. The Morgan fingerprint density at radius 2 is 1.76 bits per heavy atom. The number of aliphatic carboxylic acids is 1. The van der Waals surface area contributed by atoms with Gasteiger partial charge in [0.25, 0.3) is 5.91 Å². The molecule has 2 aromatic rings. The van der Waals surface area contributed by atoms with E-state index in [4.69, 9.17) is 14.2 Å². The van der Waals surface area contributed by atoms with Crippen LogP contribution in [0.15, 0.2) is 48.5 Å². The molecule has 0 spiro atoms.